The molecule has 1 N–H and O–H groups in total. The lowest BCUT2D eigenvalue weighted by Gasteiger charge is -2.19. The van der Waals surface area contributed by atoms with Crippen molar-refractivity contribution in [2.24, 2.45) is 0 Å². The van der Waals surface area contributed by atoms with Gasteiger partial charge in [-0.1, -0.05) is 28.1 Å². The van der Waals surface area contributed by atoms with Crippen LogP contribution in [0.5, 0.6) is 0 Å². The topological polar surface area (TPSA) is 57.6 Å². The summed E-state index contributed by atoms with van der Waals surface area (Å²) >= 11 is 3.47. The second-order valence-corrected chi connectivity index (χ2v) is 6.12. The summed E-state index contributed by atoms with van der Waals surface area (Å²) in [6.45, 7) is 2.28. The first-order valence-corrected chi connectivity index (χ1v) is 7.73. The number of carboxylic acid groups (broad SMARTS) is 1. The fourth-order valence-corrected chi connectivity index (χ4v) is 2.72. The number of aliphatic carboxylic acids is 1. The summed E-state index contributed by atoms with van der Waals surface area (Å²) in [4.78, 5) is 24.5. The fourth-order valence-electron chi connectivity index (χ4n) is 2.10. The van der Waals surface area contributed by atoms with Gasteiger partial charge in [0.2, 0.25) is 5.91 Å². The average Bonchev–Trinajstić information content (AvgIpc) is 3.22. The first-order valence-electron chi connectivity index (χ1n) is 6.94. The summed E-state index contributed by atoms with van der Waals surface area (Å²) in [5, 5.41) is 8.75. The van der Waals surface area contributed by atoms with Crippen LogP contribution >= 0.6 is 15.9 Å². The zero-order valence-electron chi connectivity index (χ0n) is 11.9. The Balaban J connectivity index is 2.03. The van der Waals surface area contributed by atoms with E-state index in [2.05, 4.69) is 15.9 Å². The third kappa shape index (κ3) is 4.70. The molecule has 1 amide bonds. The van der Waals surface area contributed by atoms with Crippen molar-refractivity contribution < 1.29 is 14.7 Å². The van der Waals surface area contributed by atoms with E-state index in [1.165, 1.54) is 6.08 Å². The molecule has 4 nitrogen and oxygen atoms in total. The quantitative estimate of drug-likeness (QED) is 0.800. The van der Waals surface area contributed by atoms with Crippen LogP contribution in [0, 0.1) is 6.92 Å². The van der Waals surface area contributed by atoms with E-state index in [9.17, 15) is 9.59 Å². The maximum absolute atomic E-state index is 12.2. The van der Waals surface area contributed by atoms with Crippen molar-refractivity contribution in [3.8, 4) is 0 Å². The first kappa shape index (κ1) is 15.8. The van der Waals surface area contributed by atoms with E-state index in [0.29, 0.717) is 0 Å². The van der Waals surface area contributed by atoms with Crippen molar-refractivity contribution in [1.29, 1.82) is 0 Å². The third-order valence-corrected chi connectivity index (χ3v) is 4.09. The Labute approximate surface area is 132 Å². The minimum atomic E-state index is -0.876. The second-order valence-electron chi connectivity index (χ2n) is 5.26. The van der Waals surface area contributed by atoms with Crippen LogP contribution in [0.3, 0.4) is 0 Å². The minimum absolute atomic E-state index is 0.00962. The molecule has 1 aromatic carbocycles. The molecule has 0 bridgehead atoms. The Hall–Kier alpha value is -1.62. The highest BCUT2D eigenvalue weighted by Gasteiger charge is 2.31. The summed E-state index contributed by atoms with van der Waals surface area (Å²) in [5.74, 6) is -0.995. The lowest BCUT2D eigenvalue weighted by atomic mass is 10.1. The van der Waals surface area contributed by atoms with Crippen molar-refractivity contribution in [2.45, 2.75) is 32.2 Å². The smallest absolute Gasteiger partial charge is 0.305 e. The maximum Gasteiger partial charge on any atom is 0.305 e. The summed E-state index contributed by atoms with van der Waals surface area (Å²) in [6.07, 6.45) is 5.21. The van der Waals surface area contributed by atoms with Crippen molar-refractivity contribution in [3.63, 3.8) is 0 Å². The Bertz CT molecular complexity index is 579. The molecule has 0 saturated heterocycles. The Morgan fingerprint density at radius 1 is 1.43 bits per heavy atom. The number of hydrogen-bond donors (Lipinski definition) is 1. The van der Waals surface area contributed by atoms with Gasteiger partial charge in [0, 0.05) is 23.1 Å². The predicted octanol–water partition coefficient (Wildman–Crippen LogP) is 3.24. The normalized spacial score (nSPS) is 14.4. The summed E-state index contributed by atoms with van der Waals surface area (Å²) in [6, 6.07) is 6.13. The van der Waals surface area contributed by atoms with Crippen LogP contribution in [0.1, 0.15) is 30.4 Å². The molecule has 2 rings (SSSR count). The van der Waals surface area contributed by atoms with E-state index in [4.69, 9.17) is 5.11 Å². The molecule has 1 aliphatic rings. The van der Waals surface area contributed by atoms with Crippen LogP contribution in [0.4, 0.5) is 0 Å². The Morgan fingerprint density at radius 2 is 2.14 bits per heavy atom. The van der Waals surface area contributed by atoms with Gasteiger partial charge in [-0.3, -0.25) is 9.59 Å². The van der Waals surface area contributed by atoms with Gasteiger partial charge in [0.25, 0.3) is 0 Å². The zero-order chi connectivity index (χ0) is 15.4. The number of hydrogen-bond acceptors (Lipinski definition) is 2. The van der Waals surface area contributed by atoms with E-state index in [1.807, 2.05) is 25.1 Å². The fraction of sp³-hybridized carbons (Fsp3) is 0.375. The predicted molar refractivity (Wildman–Crippen MR) is 84.9 cm³/mol. The number of carbonyl (C=O) groups is 2. The first-order chi connectivity index (χ1) is 9.97. The van der Waals surface area contributed by atoms with Crippen LogP contribution in [-0.2, 0) is 9.59 Å². The SMILES string of the molecule is Cc1ccc(/C=C/C(=O)N(CCC(=O)O)C2CC2)c(Br)c1. The summed E-state index contributed by atoms with van der Waals surface area (Å²) in [5.41, 5.74) is 2.08. The molecule has 112 valence electrons. The molecular weight excluding hydrogens is 334 g/mol. The molecule has 0 spiro atoms. The summed E-state index contributed by atoms with van der Waals surface area (Å²) in [7, 11) is 0. The molecule has 0 unspecified atom stereocenters. The van der Waals surface area contributed by atoms with E-state index in [0.717, 1.165) is 28.4 Å². The number of nitrogens with zero attached hydrogens (tertiary/aromatic N) is 1. The molecule has 0 aliphatic heterocycles. The largest absolute Gasteiger partial charge is 0.481 e. The molecule has 21 heavy (non-hydrogen) atoms. The Morgan fingerprint density at radius 3 is 2.71 bits per heavy atom. The van der Waals surface area contributed by atoms with Gasteiger partial charge >= 0.3 is 5.97 Å². The number of rotatable bonds is 6. The standard InChI is InChI=1S/C16H18BrNO3/c1-11-2-3-12(14(17)10-11)4-7-15(19)18(13-5-6-13)9-8-16(20)21/h2-4,7,10,13H,5-6,8-9H2,1H3,(H,20,21)/b7-4+. The monoisotopic (exact) mass is 351 g/mol. The summed E-state index contributed by atoms with van der Waals surface area (Å²) < 4.78 is 0.940. The highest BCUT2D eigenvalue weighted by atomic mass is 79.9. The van der Waals surface area contributed by atoms with E-state index in [1.54, 1.807) is 11.0 Å². The number of halogens is 1. The van der Waals surface area contributed by atoms with Gasteiger partial charge in [-0.25, -0.2) is 0 Å². The number of amides is 1. The molecular formula is C16H18BrNO3. The lowest BCUT2D eigenvalue weighted by molar-refractivity contribution is -0.138. The molecule has 0 radical (unpaired) electrons. The zero-order valence-corrected chi connectivity index (χ0v) is 13.5. The molecule has 1 fully saturated rings. The van der Waals surface area contributed by atoms with Gasteiger partial charge in [-0.05, 0) is 43.0 Å². The van der Waals surface area contributed by atoms with Crippen molar-refractivity contribution >= 4 is 33.9 Å². The number of carbonyl (C=O) groups excluding carboxylic acids is 1. The van der Waals surface area contributed by atoms with Crippen molar-refractivity contribution in [1.82, 2.24) is 4.90 Å². The molecule has 0 aromatic heterocycles. The Kier molecular flexibility index (Phi) is 5.17. The van der Waals surface area contributed by atoms with Crippen LogP contribution < -0.4 is 0 Å². The molecule has 5 heteroatoms. The highest BCUT2D eigenvalue weighted by molar-refractivity contribution is 9.10. The number of benzene rings is 1. The molecule has 0 heterocycles. The molecule has 1 aromatic rings. The van der Waals surface area contributed by atoms with Crippen LogP contribution in [0.15, 0.2) is 28.7 Å². The van der Waals surface area contributed by atoms with Gasteiger partial charge < -0.3 is 10.0 Å². The van der Waals surface area contributed by atoms with Gasteiger partial charge in [0.05, 0.1) is 6.42 Å². The molecule has 0 atom stereocenters. The number of carboxylic acids is 1. The van der Waals surface area contributed by atoms with E-state index < -0.39 is 5.97 Å². The second kappa shape index (κ2) is 6.89. The minimum Gasteiger partial charge on any atom is -0.481 e. The van der Waals surface area contributed by atoms with Crippen LogP contribution in [-0.4, -0.2) is 34.5 Å². The molecule has 1 saturated carbocycles. The van der Waals surface area contributed by atoms with Crippen LogP contribution in [0.2, 0.25) is 0 Å². The van der Waals surface area contributed by atoms with Crippen molar-refractivity contribution in [3.05, 3.63) is 39.9 Å². The molecule has 1 aliphatic carbocycles. The maximum atomic E-state index is 12.2. The highest BCUT2D eigenvalue weighted by Crippen LogP contribution is 2.27. The number of aryl methyl sites for hydroxylation is 1. The van der Waals surface area contributed by atoms with Gasteiger partial charge in [0.15, 0.2) is 0 Å². The van der Waals surface area contributed by atoms with E-state index in [-0.39, 0.29) is 24.9 Å². The van der Waals surface area contributed by atoms with Crippen LogP contribution in [0.25, 0.3) is 6.08 Å². The third-order valence-electron chi connectivity index (χ3n) is 3.40. The van der Waals surface area contributed by atoms with Gasteiger partial charge in [-0.2, -0.15) is 0 Å². The lowest BCUT2D eigenvalue weighted by Crippen LogP contribution is -2.33. The average molecular weight is 352 g/mol. The van der Waals surface area contributed by atoms with Gasteiger partial charge in [0.1, 0.15) is 0 Å². The van der Waals surface area contributed by atoms with Crippen molar-refractivity contribution in [2.75, 3.05) is 6.54 Å². The van der Waals surface area contributed by atoms with Gasteiger partial charge in [-0.15, -0.1) is 0 Å². The van der Waals surface area contributed by atoms with E-state index >= 15 is 0 Å².